The van der Waals surface area contributed by atoms with Gasteiger partial charge >= 0.3 is 0 Å². The van der Waals surface area contributed by atoms with Crippen LogP contribution in [0.15, 0.2) is 0 Å². The molecule has 0 N–H and O–H groups in total. The highest BCUT2D eigenvalue weighted by atomic mass is 16.7. The van der Waals surface area contributed by atoms with Crippen LogP contribution in [-0.4, -0.2) is 19.0 Å². The molecule has 0 aliphatic heterocycles. The predicted molar refractivity (Wildman–Crippen MR) is 97.4 cm³/mol. The lowest BCUT2D eigenvalue weighted by molar-refractivity contribution is -0.231. The molecule has 0 radical (unpaired) electrons. The van der Waals surface area contributed by atoms with Crippen LogP contribution in [-0.2, 0) is 9.47 Å². The van der Waals surface area contributed by atoms with Crippen molar-refractivity contribution < 1.29 is 9.47 Å². The first-order valence-corrected chi connectivity index (χ1v) is 9.96. The zero-order valence-corrected chi connectivity index (χ0v) is 15.9. The SMILES string of the molecule is CCCCCCOC(C)(CCCCCC)OCCCCCC. The summed E-state index contributed by atoms with van der Waals surface area (Å²) < 4.78 is 12.3. The number of hydrogen-bond donors (Lipinski definition) is 0. The smallest absolute Gasteiger partial charge is 0.165 e. The van der Waals surface area contributed by atoms with Crippen molar-refractivity contribution in [2.75, 3.05) is 13.2 Å². The van der Waals surface area contributed by atoms with Gasteiger partial charge in [0.05, 0.1) is 13.2 Å². The van der Waals surface area contributed by atoms with Crippen molar-refractivity contribution in [2.45, 2.75) is 117 Å². The molecule has 22 heavy (non-hydrogen) atoms. The van der Waals surface area contributed by atoms with Crippen LogP contribution in [0.4, 0.5) is 0 Å². The van der Waals surface area contributed by atoms with Crippen molar-refractivity contribution in [1.29, 1.82) is 0 Å². The van der Waals surface area contributed by atoms with Crippen LogP contribution >= 0.6 is 0 Å². The van der Waals surface area contributed by atoms with E-state index >= 15 is 0 Å². The molecule has 0 heterocycles. The minimum atomic E-state index is -0.355. The summed E-state index contributed by atoms with van der Waals surface area (Å²) >= 11 is 0. The molecule has 0 aromatic rings. The van der Waals surface area contributed by atoms with Gasteiger partial charge in [0.2, 0.25) is 0 Å². The summed E-state index contributed by atoms with van der Waals surface area (Å²) in [5.41, 5.74) is 0. The lowest BCUT2D eigenvalue weighted by Crippen LogP contribution is -2.33. The minimum absolute atomic E-state index is 0.355. The summed E-state index contributed by atoms with van der Waals surface area (Å²) in [6.07, 6.45) is 16.2. The first-order valence-electron chi connectivity index (χ1n) is 9.96. The highest BCUT2D eigenvalue weighted by molar-refractivity contribution is 4.64. The van der Waals surface area contributed by atoms with Crippen LogP contribution < -0.4 is 0 Å². The highest BCUT2D eigenvalue weighted by Gasteiger charge is 2.24. The van der Waals surface area contributed by atoms with Crippen LogP contribution in [0.3, 0.4) is 0 Å². The Hall–Kier alpha value is -0.0800. The Labute approximate surface area is 140 Å². The zero-order valence-electron chi connectivity index (χ0n) is 15.9. The van der Waals surface area contributed by atoms with Gasteiger partial charge in [0, 0.05) is 6.42 Å². The molecule has 0 saturated heterocycles. The van der Waals surface area contributed by atoms with Crippen molar-refractivity contribution in [3.8, 4) is 0 Å². The van der Waals surface area contributed by atoms with Crippen LogP contribution in [0.5, 0.6) is 0 Å². The second kappa shape index (κ2) is 15.8. The fourth-order valence-electron chi connectivity index (χ4n) is 2.69. The molecule has 0 saturated carbocycles. The molecular formula is C20H42O2. The fourth-order valence-corrected chi connectivity index (χ4v) is 2.69. The summed E-state index contributed by atoms with van der Waals surface area (Å²) in [4.78, 5) is 0. The summed E-state index contributed by atoms with van der Waals surface area (Å²) in [6.45, 7) is 10.6. The van der Waals surface area contributed by atoms with Crippen molar-refractivity contribution >= 4 is 0 Å². The van der Waals surface area contributed by atoms with Gasteiger partial charge in [-0.2, -0.15) is 0 Å². The van der Waals surface area contributed by atoms with Crippen molar-refractivity contribution in [2.24, 2.45) is 0 Å². The van der Waals surface area contributed by atoms with Gasteiger partial charge in [-0.3, -0.25) is 0 Å². The lowest BCUT2D eigenvalue weighted by Gasteiger charge is -2.30. The molecule has 0 unspecified atom stereocenters. The molecule has 0 amide bonds. The second-order valence-electron chi connectivity index (χ2n) is 6.76. The van der Waals surface area contributed by atoms with Gasteiger partial charge in [-0.15, -0.1) is 0 Å². The van der Waals surface area contributed by atoms with Crippen molar-refractivity contribution in [3.63, 3.8) is 0 Å². The normalized spacial score (nSPS) is 12.0. The van der Waals surface area contributed by atoms with E-state index in [9.17, 15) is 0 Å². The largest absolute Gasteiger partial charge is 0.350 e. The Balaban J connectivity index is 3.99. The average molecular weight is 315 g/mol. The Morgan fingerprint density at radius 2 is 0.955 bits per heavy atom. The van der Waals surface area contributed by atoms with Gasteiger partial charge < -0.3 is 9.47 Å². The van der Waals surface area contributed by atoms with Crippen LogP contribution in [0.25, 0.3) is 0 Å². The van der Waals surface area contributed by atoms with E-state index in [1.807, 2.05) is 0 Å². The van der Waals surface area contributed by atoms with E-state index < -0.39 is 0 Å². The van der Waals surface area contributed by atoms with E-state index in [-0.39, 0.29) is 5.79 Å². The molecular weight excluding hydrogens is 272 g/mol. The maximum atomic E-state index is 6.14. The number of ether oxygens (including phenoxy) is 2. The molecule has 0 atom stereocenters. The van der Waals surface area contributed by atoms with Gasteiger partial charge in [-0.05, 0) is 26.2 Å². The molecule has 0 spiro atoms. The van der Waals surface area contributed by atoms with Crippen LogP contribution in [0, 0.1) is 0 Å². The van der Waals surface area contributed by atoms with Crippen molar-refractivity contribution in [3.05, 3.63) is 0 Å². The van der Waals surface area contributed by atoms with Gasteiger partial charge in [0.15, 0.2) is 5.79 Å². The second-order valence-corrected chi connectivity index (χ2v) is 6.76. The third kappa shape index (κ3) is 13.6. The van der Waals surface area contributed by atoms with Gasteiger partial charge in [-0.25, -0.2) is 0 Å². The van der Waals surface area contributed by atoms with E-state index in [2.05, 4.69) is 27.7 Å². The van der Waals surface area contributed by atoms with Gasteiger partial charge in [-0.1, -0.05) is 78.6 Å². The first-order chi connectivity index (χ1) is 10.7. The Bertz CT molecular complexity index is 202. The highest BCUT2D eigenvalue weighted by Crippen LogP contribution is 2.23. The van der Waals surface area contributed by atoms with E-state index in [0.29, 0.717) is 0 Å². The Kier molecular flexibility index (Phi) is 15.7. The van der Waals surface area contributed by atoms with Gasteiger partial charge in [0.1, 0.15) is 0 Å². The van der Waals surface area contributed by atoms with E-state index in [4.69, 9.17) is 9.47 Å². The standard InChI is InChI=1S/C20H42O2/c1-5-8-11-14-17-20(4,21-18-15-12-9-6-2)22-19-16-13-10-7-3/h5-19H2,1-4H3. The third-order valence-electron chi connectivity index (χ3n) is 4.30. The van der Waals surface area contributed by atoms with Crippen LogP contribution in [0.2, 0.25) is 0 Å². The molecule has 0 rings (SSSR count). The lowest BCUT2D eigenvalue weighted by atomic mass is 10.1. The molecule has 0 aromatic carbocycles. The van der Waals surface area contributed by atoms with Crippen molar-refractivity contribution in [1.82, 2.24) is 0 Å². The number of hydrogen-bond acceptors (Lipinski definition) is 2. The third-order valence-corrected chi connectivity index (χ3v) is 4.30. The van der Waals surface area contributed by atoms with E-state index in [1.54, 1.807) is 0 Å². The molecule has 134 valence electrons. The van der Waals surface area contributed by atoms with E-state index in [1.165, 1.54) is 64.2 Å². The quantitative estimate of drug-likeness (QED) is 0.215. The Morgan fingerprint density at radius 3 is 1.36 bits per heavy atom. The molecule has 0 aliphatic carbocycles. The summed E-state index contributed by atoms with van der Waals surface area (Å²) in [6, 6.07) is 0. The summed E-state index contributed by atoms with van der Waals surface area (Å²) in [5.74, 6) is -0.355. The van der Waals surface area contributed by atoms with Gasteiger partial charge in [0.25, 0.3) is 0 Å². The van der Waals surface area contributed by atoms with Crippen LogP contribution in [0.1, 0.15) is 111 Å². The molecule has 0 aromatic heterocycles. The van der Waals surface area contributed by atoms with E-state index in [0.717, 1.165) is 32.5 Å². The molecule has 2 heteroatoms. The maximum absolute atomic E-state index is 6.14. The summed E-state index contributed by atoms with van der Waals surface area (Å²) in [5, 5.41) is 0. The number of rotatable bonds is 17. The topological polar surface area (TPSA) is 18.5 Å². The fraction of sp³-hybridized carbons (Fsp3) is 1.00. The molecule has 0 fully saturated rings. The molecule has 0 bridgehead atoms. The first kappa shape index (κ1) is 21.9. The Morgan fingerprint density at radius 1 is 0.545 bits per heavy atom. The average Bonchev–Trinajstić information content (AvgIpc) is 2.51. The minimum Gasteiger partial charge on any atom is -0.350 e. The zero-order chi connectivity index (χ0) is 16.5. The predicted octanol–water partition coefficient (Wildman–Crippen LogP) is 6.87. The monoisotopic (exact) mass is 314 g/mol. The molecule has 0 aliphatic rings. The molecule has 2 nitrogen and oxygen atoms in total. The summed E-state index contributed by atoms with van der Waals surface area (Å²) in [7, 11) is 0. The number of unbranched alkanes of at least 4 members (excludes halogenated alkanes) is 9. The maximum Gasteiger partial charge on any atom is 0.165 e.